The third kappa shape index (κ3) is 2.55. The Hall–Kier alpha value is -2.55. The van der Waals surface area contributed by atoms with Gasteiger partial charge < -0.3 is 9.15 Å². The van der Waals surface area contributed by atoms with Crippen molar-refractivity contribution in [1.82, 2.24) is 0 Å². The molecule has 0 aliphatic heterocycles. The average Bonchev–Trinajstić information content (AvgIpc) is 2.96. The van der Waals surface area contributed by atoms with E-state index in [4.69, 9.17) is 9.15 Å². The lowest BCUT2D eigenvalue weighted by atomic mass is 10.0. The summed E-state index contributed by atoms with van der Waals surface area (Å²) in [7, 11) is 1.61. The molecule has 106 valence electrons. The summed E-state index contributed by atoms with van der Waals surface area (Å²) >= 11 is 0. The van der Waals surface area contributed by atoms with Crippen molar-refractivity contribution in [3.63, 3.8) is 0 Å². The first kappa shape index (κ1) is 13.4. The molecule has 1 heterocycles. The zero-order valence-corrected chi connectivity index (χ0v) is 12.1. The maximum absolute atomic E-state index is 12.5. The van der Waals surface area contributed by atoms with Crippen molar-refractivity contribution >= 4 is 16.8 Å². The van der Waals surface area contributed by atoms with Gasteiger partial charge in [-0.3, -0.25) is 4.79 Å². The van der Waals surface area contributed by atoms with E-state index in [2.05, 4.69) is 0 Å². The molecule has 0 amide bonds. The highest BCUT2D eigenvalue weighted by atomic mass is 16.5. The van der Waals surface area contributed by atoms with Crippen molar-refractivity contribution in [3.05, 3.63) is 65.4 Å². The maximum atomic E-state index is 12.5. The number of carbonyl (C=O) groups is 1. The van der Waals surface area contributed by atoms with Crippen molar-refractivity contribution in [3.8, 4) is 5.75 Å². The van der Waals surface area contributed by atoms with Gasteiger partial charge in [-0.05, 0) is 48.5 Å². The molecule has 0 N–H and O–H groups in total. The molecule has 3 nitrogen and oxygen atoms in total. The van der Waals surface area contributed by atoms with Crippen LogP contribution in [-0.2, 0) is 6.42 Å². The summed E-state index contributed by atoms with van der Waals surface area (Å²) in [6.07, 6.45) is 0.844. The van der Waals surface area contributed by atoms with Crippen LogP contribution in [0.15, 0.2) is 52.9 Å². The monoisotopic (exact) mass is 280 g/mol. The van der Waals surface area contributed by atoms with Crippen LogP contribution in [0.4, 0.5) is 0 Å². The van der Waals surface area contributed by atoms with E-state index in [1.807, 2.05) is 25.1 Å². The molecule has 3 heteroatoms. The van der Waals surface area contributed by atoms with E-state index in [-0.39, 0.29) is 5.78 Å². The zero-order chi connectivity index (χ0) is 14.8. The Morgan fingerprint density at radius 2 is 1.76 bits per heavy atom. The first-order valence-corrected chi connectivity index (χ1v) is 6.92. The van der Waals surface area contributed by atoms with Crippen molar-refractivity contribution in [2.24, 2.45) is 0 Å². The van der Waals surface area contributed by atoms with E-state index in [9.17, 15) is 4.79 Å². The lowest BCUT2D eigenvalue weighted by Gasteiger charge is -2.03. The first-order valence-electron chi connectivity index (χ1n) is 6.92. The van der Waals surface area contributed by atoms with Crippen LogP contribution >= 0.6 is 0 Å². The number of furan rings is 1. The van der Waals surface area contributed by atoms with E-state index < -0.39 is 0 Å². The molecule has 0 saturated heterocycles. The van der Waals surface area contributed by atoms with Crippen molar-refractivity contribution in [2.75, 3.05) is 7.11 Å². The van der Waals surface area contributed by atoms with Gasteiger partial charge in [-0.15, -0.1) is 0 Å². The molecule has 1 aromatic heterocycles. The molecule has 21 heavy (non-hydrogen) atoms. The Bertz CT molecular complexity index is 782. The largest absolute Gasteiger partial charge is 0.497 e. The lowest BCUT2D eigenvalue weighted by Crippen LogP contribution is -2.00. The summed E-state index contributed by atoms with van der Waals surface area (Å²) < 4.78 is 10.8. The van der Waals surface area contributed by atoms with Gasteiger partial charge in [0.25, 0.3) is 0 Å². The molecule has 0 aliphatic rings. The lowest BCUT2D eigenvalue weighted by molar-refractivity contribution is 0.103. The Kier molecular flexibility index (Phi) is 3.48. The number of hydrogen-bond acceptors (Lipinski definition) is 3. The summed E-state index contributed by atoms with van der Waals surface area (Å²) in [6.45, 7) is 2.04. The second-order valence-corrected chi connectivity index (χ2v) is 4.88. The van der Waals surface area contributed by atoms with Gasteiger partial charge in [0, 0.05) is 22.9 Å². The Labute approximate surface area is 123 Å². The zero-order valence-electron chi connectivity index (χ0n) is 12.1. The molecule has 0 atom stereocenters. The fourth-order valence-electron chi connectivity index (χ4n) is 2.32. The smallest absolute Gasteiger partial charge is 0.193 e. The number of methoxy groups -OCH3 is 1. The van der Waals surface area contributed by atoms with Crippen molar-refractivity contribution < 1.29 is 13.9 Å². The maximum Gasteiger partial charge on any atom is 0.193 e. The molecule has 3 rings (SSSR count). The minimum absolute atomic E-state index is 0.00111. The number of hydrogen-bond donors (Lipinski definition) is 0. The molecule has 0 bridgehead atoms. The minimum Gasteiger partial charge on any atom is -0.497 e. The number of ketones is 1. The van der Waals surface area contributed by atoms with Gasteiger partial charge in [0.15, 0.2) is 5.78 Å². The fraction of sp³-hybridized carbons (Fsp3) is 0.167. The highest BCUT2D eigenvalue weighted by Gasteiger charge is 2.11. The number of benzene rings is 2. The molecule has 3 aromatic rings. The highest BCUT2D eigenvalue weighted by Crippen LogP contribution is 2.23. The topological polar surface area (TPSA) is 39.4 Å². The molecule has 2 aromatic carbocycles. The van der Waals surface area contributed by atoms with E-state index in [1.165, 1.54) is 0 Å². The summed E-state index contributed by atoms with van der Waals surface area (Å²) in [4.78, 5) is 12.5. The fourth-order valence-corrected chi connectivity index (χ4v) is 2.32. The molecular formula is C18H16O3. The van der Waals surface area contributed by atoms with Gasteiger partial charge >= 0.3 is 0 Å². The molecular weight excluding hydrogens is 264 g/mol. The van der Waals surface area contributed by atoms with Crippen LogP contribution in [0, 0.1) is 0 Å². The third-order valence-corrected chi connectivity index (χ3v) is 3.53. The summed E-state index contributed by atoms with van der Waals surface area (Å²) in [5.41, 5.74) is 2.13. The van der Waals surface area contributed by atoms with Gasteiger partial charge in [0.05, 0.1) is 7.11 Å². The van der Waals surface area contributed by atoms with Crippen LogP contribution < -0.4 is 4.74 Å². The van der Waals surface area contributed by atoms with Crippen molar-refractivity contribution in [2.45, 2.75) is 13.3 Å². The third-order valence-electron chi connectivity index (χ3n) is 3.53. The Morgan fingerprint density at radius 1 is 1.05 bits per heavy atom. The minimum atomic E-state index is -0.00111. The molecule has 0 aliphatic carbocycles. The first-order chi connectivity index (χ1) is 10.2. The van der Waals surface area contributed by atoms with Crippen LogP contribution in [0.5, 0.6) is 5.75 Å². The number of ether oxygens (including phenoxy) is 1. The van der Waals surface area contributed by atoms with Gasteiger partial charge in [-0.25, -0.2) is 0 Å². The summed E-state index contributed by atoms with van der Waals surface area (Å²) in [5.74, 6) is 1.67. The predicted molar refractivity (Wildman–Crippen MR) is 82.0 cm³/mol. The Balaban J connectivity index is 1.96. The van der Waals surface area contributed by atoms with Gasteiger partial charge in [0.2, 0.25) is 0 Å². The van der Waals surface area contributed by atoms with Crippen LogP contribution in [0.3, 0.4) is 0 Å². The predicted octanol–water partition coefficient (Wildman–Crippen LogP) is 4.23. The molecule has 0 radical (unpaired) electrons. The SMILES string of the molecule is CCc1cc2cc(C(=O)c3ccc(OC)cc3)ccc2o1. The van der Waals surface area contributed by atoms with Crippen LogP contribution in [0.1, 0.15) is 28.6 Å². The molecule has 0 spiro atoms. The van der Waals surface area contributed by atoms with E-state index in [0.717, 1.165) is 28.9 Å². The quantitative estimate of drug-likeness (QED) is 0.671. The van der Waals surface area contributed by atoms with Crippen molar-refractivity contribution in [1.29, 1.82) is 0 Å². The normalized spacial score (nSPS) is 10.8. The number of aryl methyl sites for hydroxylation is 1. The summed E-state index contributed by atoms with van der Waals surface area (Å²) in [6, 6.07) is 14.7. The highest BCUT2D eigenvalue weighted by molar-refractivity contribution is 6.10. The molecule has 0 fully saturated rings. The van der Waals surface area contributed by atoms with Gasteiger partial charge in [-0.1, -0.05) is 6.92 Å². The number of fused-ring (bicyclic) bond motifs is 1. The van der Waals surface area contributed by atoms with E-state index >= 15 is 0 Å². The molecule has 0 saturated carbocycles. The van der Waals surface area contributed by atoms with E-state index in [0.29, 0.717) is 11.1 Å². The Morgan fingerprint density at radius 3 is 2.43 bits per heavy atom. The molecule has 0 unspecified atom stereocenters. The number of carbonyl (C=O) groups excluding carboxylic acids is 1. The number of rotatable bonds is 4. The average molecular weight is 280 g/mol. The van der Waals surface area contributed by atoms with Crippen LogP contribution in [0.2, 0.25) is 0 Å². The standard InChI is InChI=1S/C18H16O3/c1-3-15-11-14-10-13(6-9-17(14)21-15)18(19)12-4-7-16(20-2)8-5-12/h4-11H,3H2,1-2H3. The van der Waals surface area contributed by atoms with Gasteiger partial charge in [-0.2, -0.15) is 0 Å². The van der Waals surface area contributed by atoms with Gasteiger partial charge in [0.1, 0.15) is 17.1 Å². The summed E-state index contributed by atoms with van der Waals surface area (Å²) in [5, 5.41) is 0.964. The van der Waals surface area contributed by atoms with Crippen LogP contribution in [-0.4, -0.2) is 12.9 Å². The second-order valence-electron chi connectivity index (χ2n) is 4.88. The second kappa shape index (κ2) is 5.44. The van der Waals surface area contributed by atoms with E-state index in [1.54, 1.807) is 37.4 Å². The van der Waals surface area contributed by atoms with Crippen LogP contribution in [0.25, 0.3) is 11.0 Å².